The summed E-state index contributed by atoms with van der Waals surface area (Å²) in [4.78, 5) is 4.78. The Morgan fingerprint density at radius 2 is 2.09 bits per heavy atom. The average Bonchev–Trinajstić information content (AvgIpc) is 2.99. The van der Waals surface area contributed by atoms with Crippen molar-refractivity contribution in [3.8, 4) is 11.1 Å². The largest absolute Gasteiger partial charge is 0.381 e. The van der Waals surface area contributed by atoms with Crippen LogP contribution in [0, 0.1) is 6.92 Å². The summed E-state index contributed by atoms with van der Waals surface area (Å²) in [5.74, 6) is 0.902. The Balaban J connectivity index is 1.68. The molecule has 5 heteroatoms. The third-order valence-electron chi connectivity index (χ3n) is 4.27. The Morgan fingerprint density at radius 3 is 2.91 bits per heavy atom. The number of hydrogen-bond acceptors (Lipinski definition) is 4. The SMILES string of the molecule is Cc1cccc(-c2cnn3ccc(NC4CCOCC4)nc23)c1. The van der Waals surface area contributed by atoms with Crippen LogP contribution in [0.5, 0.6) is 0 Å². The van der Waals surface area contributed by atoms with Crippen LogP contribution in [0.15, 0.2) is 42.7 Å². The average molecular weight is 308 g/mol. The summed E-state index contributed by atoms with van der Waals surface area (Å²) in [6.45, 7) is 3.74. The van der Waals surface area contributed by atoms with Crippen molar-refractivity contribution in [2.45, 2.75) is 25.8 Å². The van der Waals surface area contributed by atoms with E-state index in [1.807, 2.05) is 23.0 Å². The molecule has 2 aromatic heterocycles. The molecule has 0 saturated carbocycles. The van der Waals surface area contributed by atoms with Gasteiger partial charge in [0.1, 0.15) is 5.82 Å². The van der Waals surface area contributed by atoms with Crippen molar-refractivity contribution in [3.05, 3.63) is 48.3 Å². The molecule has 0 spiro atoms. The maximum Gasteiger partial charge on any atom is 0.165 e. The molecular weight excluding hydrogens is 288 g/mol. The van der Waals surface area contributed by atoms with Gasteiger partial charge in [-0.3, -0.25) is 0 Å². The van der Waals surface area contributed by atoms with E-state index in [4.69, 9.17) is 9.72 Å². The lowest BCUT2D eigenvalue weighted by Crippen LogP contribution is -2.28. The Morgan fingerprint density at radius 1 is 1.22 bits per heavy atom. The monoisotopic (exact) mass is 308 g/mol. The fourth-order valence-corrected chi connectivity index (χ4v) is 3.02. The number of benzene rings is 1. The molecule has 3 aromatic rings. The van der Waals surface area contributed by atoms with Gasteiger partial charge in [-0.2, -0.15) is 5.10 Å². The van der Waals surface area contributed by atoms with E-state index >= 15 is 0 Å². The maximum atomic E-state index is 5.41. The molecule has 1 aliphatic rings. The van der Waals surface area contributed by atoms with Crippen molar-refractivity contribution in [1.82, 2.24) is 14.6 Å². The summed E-state index contributed by atoms with van der Waals surface area (Å²) in [5, 5.41) is 7.94. The molecule has 1 fully saturated rings. The number of fused-ring (bicyclic) bond motifs is 1. The normalized spacial score (nSPS) is 15.9. The van der Waals surface area contributed by atoms with Crippen molar-refractivity contribution in [2.75, 3.05) is 18.5 Å². The van der Waals surface area contributed by atoms with E-state index in [9.17, 15) is 0 Å². The minimum atomic E-state index is 0.434. The molecule has 0 amide bonds. The number of aryl methyl sites for hydroxylation is 1. The Labute approximate surface area is 135 Å². The molecule has 0 atom stereocenters. The van der Waals surface area contributed by atoms with Crippen molar-refractivity contribution in [1.29, 1.82) is 0 Å². The highest BCUT2D eigenvalue weighted by Gasteiger charge is 2.15. The summed E-state index contributed by atoms with van der Waals surface area (Å²) in [5.41, 5.74) is 4.33. The van der Waals surface area contributed by atoms with Crippen LogP contribution in [-0.2, 0) is 4.74 Å². The summed E-state index contributed by atoms with van der Waals surface area (Å²) < 4.78 is 7.24. The molecule has 23 heavy (non-hydrogen) atoms. The van der Waals surface area contributed by atoms with Gasteiger partial charge < -0.3 is 10.1 Å². The zero-order chi connectivity index (χ0) is 15.6. The summed E-state index contributed by atoms with van der Waals surface area (Å²) in [6, 6.07) is 10.8. The lowest BCUT2D eigenvalue weighted by atomic mass is 10.1. The highest BCUT2D eigenvalue weighted by molar-refractivity contribution is 5.78. The van der Waals surface area contributed by atoms with Gasteiger partial charge in [-0.15, -0.1) is 0 Å². The van der Waals surface area contributed by atoms with Crippen molar-refractivity contribution < 1.29 is 4.74 Å². The van der Waals surface area contributed by atoms with Crippen LogP contribution in [-0.4, -0.2) is 33.9 Å². The lowest BCUT2D eigenvalue weighted by Gasteiger charge is -2.23. The predicted molar refractivity (Wildman–Crippen MR) is 90.6 cm³/mol. The second kappa shape index (κ2) is 6.01. The molecule has 5 nitrogen and oxygen atoms in total. The molecule has 0 unspecified atom stereocenters. The third kappa shape index (κ3) is 2.92. The summed E-state index contributed by atoms with van der Waals surface area (Å²) in [7, 11) is 0. The lowest BCUT2D eigenvalue weighted by molar-refractivity contribution is 0.0904. The van der Waals surface area contributed by atoms with Gasteiger partial charge in [0.25, 0.3) is 0 Å². The second-order valence-corrected chi connectivity index (χ2v) is 6.04. The second-order valence-electron chi connectivity index (χ2n) is 6.04. The van der Waals surface area contributed by atoms with Crippen LogP contribution >= 0.6 is 0 Å². The first-order chi connectivity index (χ1) is 11.3. The molecule has 1 aliphatic heterocycles. The molecule has 1 aromatic carbocycles. The first-order valence-electron chi connectivity index (χ1n) is 8.05. The van der Waals surface area contributed by atoms with Crippen LogP contribution in [0.4, 0.5) is 5.82 Å². The van der Waals surface area contributed by atoms with E-state index in [1.54, 1.807) is 0 Å². The molecule has 0 radical (unpaired) electrons. The highest BCUT2D eigenvalue weighted by atomic mass is 16.5. The number of nitrogens with zero attached hydrogens (tertiary/aromatic N) is 3. The molecule has 1 saturated heterocycles. The number of hydrogen-bond donors (Lipinski definition) is 1. The minimum Gasteiger partial charge on any atom is -0.381 e. The van der Waals surface area contributed by atoms with Crippen LogP contribution in [0.2, 0.25) is 0 Å². The summed E-state index contributed by atoms with van der Waals surface area (Å²) >= 11 is 0. The van der Waals surface area contributed by atoms with Crippen LogP contribution < -0.4 is 5.32 Å². The predicted octanol–water partition coefficient (Wildman–Crippen LogP) is 3.30. The molecule has 0 aliphatic carbocycles. The number of rotatable bonds is 3. The van der Waals surface area contributed by atoms with Gasteiger partial charge in [-0.05, 0) is 31.4 Å². The molecular formula is C18H20N4O. The van der Waals surface area contributed by atoms with Crippen LogP contribution in [0.3, 0.4) is 0 Å². The van der Waals surface area contributed by atoms with Gasteiger partial charge in [0.2, 0.25) is 0 Å². The smallest absolute Gasteiger partial charge is 0.165 e. The molecule has 118 valence electrons. The van der Waals surface area contributed by atoms with Gasteiger partial charge in [0, 0.05) is 31.0 Å². The quantitative estimate of drug-likeness (QED) is 0.806. The Kier molecular flexibility index (Phi) is 3.71. The fraction of sp³-hybridized carbons (Fsp3) is 0.333. The highest BCUT2D eigenvalue weighted by Crippen LogP contribution is 2.25. The topological polar surface area (TPSA) is 51.5 Å². The van der Waals surface area contributed by atoms with Crippen molar-refractivity contribution >= 4 is 11.5 Å². The fourth-order valence-electron chi connectivity index (χ4n) is 3.02. The maximum absolute atomic E-state index is 5.41. The van der Waals surface area contributed by atoms with E-state index in [-0.39, 0.29) is 0 Å². The van der Waals surface area contributed by atoms with E-state index in [0.717, 1.165) is 48.6 Å². The number of anilines is 1. The van der Waals surface area contributed by atoms with Gasteiger partial charge in [0.05, 0.1) is 6.20 Å². The summed E-state index contributed by atoms with van der Waals surface area (Å²) in [6.07, 6.45) is 5.90. The number of ether oxygens (including phenoxy) is 1. The van der Waals surface area contributed by atoms with Gasteiger partial charge in [-0.1, -0.05) is 29.8 Å². The van der Waals surface area contributed by atoms with E-state index < -0.39 is 0 Å². The van der Waals surface area contributed by atoms with Crippen molar-refractivity contribution in [2.24, 2.45) is 0 Å². The zero-order valence-corrected chi connectivity index (χ0v) is 13.2. The first-order valence-corrected chi connectivity index (χ1v) is 8.05. The Hall–Kier alpha value is -2.40. The third-order valence-corrected chi connectivity index (χ3v) is 4.27. The first kappa shape index (κ1) is 14.2. The number of aromatic nitrogens is 3. The molecule has 4 rings (SSSR count). The molecule has 1 N–H and O–H groups in total. The van der Waals surface area contributed by atoms with E-state index in [0.29, 0.717) is 6.04 Å². The van der Waals surface area contributed by atoms with Gasteiger partial charge in [-0.25, -0.2) is 9.50 Å². The molecule has 0 bridgehead atoms. The number of nitrogens with one attached hydrogen (secondary N) is 1. The van der Waals surface area contributed by atoms with Crippen LogP contribution in [0.25, 0.3) is 16.8 Å². The van der Waals surface area contributed by atoms with Crippen molar-refractivity contribution in [3.63, 3.8) is 0 Å². The Bertz CT molecular complexity index is 821. The van der Waals surface area contributed by atoms with Gasteiger partial charge in [0.15, 0.2) is 5.65 Å². The van der Waals surface area contributed by atoms with Crippen LogP contribution in [0.1, 0.15) is 18.4 Å². The van der Waals surface area contributed by atoms with E-state index in [1.165, 1.54) is 5.56 Å². The molecule has 3 heterocycles. The van der Waals surface area contributed by atoms with E-state index in [2.05, 4.69) is 41.6 Å². The van der Waals surface area contributed by atoms with Gasteiger partial charge >= 0.3 is 0 Å². The standard InChI is InChI=1S/C18H20N4O/c1-13-3-2-4-14(11-13)16-12-19-22-8-5-17(21-18(16)22)20-15-6-9-23-10-7-15/h2-5,8,11-12,15H,6-7,9-10H2,1H3,(H,20,21). The minimum absolute atomic E-state index is 0.434. The zero-order valence-electron chi connectivity index (χ0n) is 13.2.